The van der Waals surface area contributed by atoms with E-state index in [0.717, 1.165) is 12.2 Å². The van der Waals surface area contributed by atoms with E-state index in [1.807, 2.05) is 11.8 Å². The molecule has 2 unspecified atom stereocenters. The van der Waals surface area contributed by atoms with Crippen molar-refractivity contribution in [2.24, 2.45) is 0 Å². The number of hydrogen-bond donors (Lipinski definition) is 1. The van der Waals surface area contributed by atoms with Gasteiger partial charge in [0.15, 0.2) is 0 Å². The Kier molecular flexibility index (Phi) is 6.34. The van der Waals surface area contributed by atoms with Gasteiger partial charge in [-0.1, -0.05) is 61.5 Å². The van der Waals surface area contributed by atoms with Crippen molar-refractivity contribution in [1.82, 2.24) is 5.32 Å². The van der Waals surface area contributed by atoms with Gasteiger partial charge in [0.1, 0.15) is 0 Å². The zero-order chi connectivity index (χ0) is 15.1. The lowest BCUT2D eigenvalue weighted by atomic mass is 9.94. The van der Waals surface area contributed by atoms with Gasteiger partial charge in [0.2, 0.25) is 0 Å². The van der Waals surface area contributed by atoms with Gasteiger partial charge in [0, 0.05) is 11.8 Å². The van der Waals surface area contributed by atoms with Crippen LogP contribution in [0.2, 0.25) is 0 Å². The molecular formula is C19H25NS. The summed E-state index contributed by atoms with van der Waals surface area (Å²) in [5, 5.41) is 3.86. The van der Waals surface area contributed by atoms with E-state index in [-0.39, 0.29) is 6.04 Å². The summed E-state index contributed by atoms with van der Waals surface area (Å²) in [5.41, 5.74) is 4.06. The zero-order valence-corrected chi connectivity index (χ0v) is 14.0. The molecule has 0 aliphatic rings. The molecule has 0 heterocycles. The fourth-order valence-electron chi connectivity index (χ4n) is 2.64. The van der Waals surface area contributed by atoms with Crippen molar-refractivity contribution in [3.63, 3.8) is 0 Å². The Labute approximate surface area is 133 Å². The highest BCUT2D eigenvalue weighted by molar-refractivity contribution is 7.98. The van der Waals surface area contributed by atoms with Crippen LogP contribution in [0.4, 0.5) is 0 Å². The molecule has 0 fully saturated rings. The molecule has 0 saturated heterocycles. The van der Waals surface area contributed by atoms with Crippen molar-refractivity contribution in [3.05, 3.63) is 71.3 Å². The maximum Gasteiger partial charge on any atom is 0.0581 e. The van der Waals surface area contributed by atoms with Crippen LogP contribution in [0.25, 0.3) is 0 Å². The number of nitrogens with one attached hydrogen (secondary N) is 1. The summed E-state index contributed by atoms with van der Waals surface area (Å²) in [6.07, 6.45) is 3.33. The van der Waals surface area contributed by atoms with Crippen LogP contribution < -0.4 is 5.32 Å². The van der Waals surface area contributed by atoms with Gasteiger partial charge < -0.3 is 5.32 Å². The SMILES string of the molecule is CCC(CSC)NC(c1ccccc1)c1ccccc1C. The molecule has 0 spiro atoms. The van der Waals surface area contributed by atoms with E-state index in [4.69, 9.17) is 0 Å². The first-order valence-corrected chi connectivity index (χ1v) is 9.01. The third kappa shape index (κ3) is 4.36. The summed E-state index contributed by atoms with van der Waals surface area (Å²) in [6.45, 7) is 4.45. The zero-order valence-electron chi connectivity index (χ0n) is 13.2. The molecule has 1 N–H and O–H groups in total. The smallest absolute Gasteiger partial charge is 0.0581 e. The largest absolute Gasteiger partial charge is 0.303 e. The highest BCUT2D eigenvalue weighted by Gasteiger charge is 2.18. The normalized spacial score (nSPS) is 13.9. The van der Waals surface area contributed by atoms with Crippen LogP contribution in [0.3, 0.4) is 0 Å². The lowest BCUT2D eigenvalue weighted by Crippen LogP contribution is -2.35. The predicted octanol–water partition coefficient (Wildman–Crippen LogP) is 4.82. The minimum atomic E-state index is 0.268. The molecule has 2 aromatic carbocycles. The summed E-state index contributed by atoms with van der Waals surface area (Å²) in [6, 6.07) is 20.2. The fraction of sp³-hybridized carbons (Fsp3) is 0.368. The summed E-state index contributed by atoms with van der Waals surface area (Å²) in [7, 11) is 0. The van der Waals surface area contributed by atoms with Gasteiger partial charge in [0.25, 0.3) is 0 Å². The molecule has 0 saturated carbocycles. The molecule has 2 atom stereocenters. The van der Waals surface area contributed by atoms with E-state index in [2.05, 4.69) is 80.0 Å². The molecule has 112 valence electrons. The fourth-order valence-corrected chi connectivity index (χ4v) is 3.38. The van der Waals surface area contributed by atoms with Gasteiger partial charge in [-0.25, -0.2) is 0 Å². The maximum absolute atomic E-state index is 3.86. The maximum atomic E-state index is 3.86. The average molecular weight is 299 g/mol. The molecule has 1 nitrogen and oxygen atoms in total. The molecular weight excluding hydrogens is 274 g/mol. The Bertz CT molecular complexity index is 538. The van der Waals surface area contributed by atoms with E-state index < -0.39 is 0 Å². The van der Waals surface area contributed by atoms with Gasteiger partial charge in [-0.2, -0.15) is 11.8 Å². The lowest BCUT2D eigenvalue weighted by molar-refractivity contribution is 0.492. The topological polar surface area (TPSA) is 12.0 Å². The van der Waals surface area contributed by atoms with Crippen molar-refractivity contribution < 1.29 is 0 Å². The Morgan fingerprint density at radius 3 is 2.29 bits per heavy atom. The molecule has 2 aromatic rings. The van der Waals surface area contributed by atoms with Crippen LogP contribution in [-0.4, -0.2) is 18.1 Å². The van der Waals surface area contributed by atoms with Crippen LogP contribution in [-0.2, 0) is 0 Å². The van der Waals surface area contributed by atoms with Crippen molar-refractivity contribution in [2.75, 3.05) is 12.0 Å². The van der Waals surface area contributed by atoms with E-state index >= 15 is 0 Å². The standard InChI is InChI=1S/C19H25NS/c1-4-17(14-21-3)20-19(16-11-6-5-7-12-16)18-13-9-8-10-15(18)2/h5-13,17,19-20H,4,14H2,1-3H3. The number of aryl methyl sites for hydroxylation is 1. The molecule has 0 amide bonds. The molecule has 2 heteroatoms. The minimum absolute atomic E-state index is 0.268. The van der Waals surface area contributed by atoms with Crippen LogP contribution in [0.15, 0.2) is 54.6 Å². The number of thioether (sulfide) groups is 1. The first-order chi connectivity index (χ1) is 10.3. The molecule has 0 aromatic heterocycles. The third-order valence-corrected chi connectivity index (χ3v) is 4.63. The van der Waals surface area contributed by atoms with Crippen LogP contribution >= 0.6 is 11.8 Å². The minimum Gasteiger partial charge on any atom is -0.303 e. The second-order valence-corrected chi connectivity index (χ2v) is 6.34. The predicted molar refractivity (Wildman–Crippen MR) is 95.1 cm³/mol. The Balaban J connectivity index is 2.33. The Morgan fingerprint density at radius 2 is 1.67 bits per heavy atom. The number of benzene rings is 2. The summed E-state index contributed by atoms with van der Waals surface area (Å²) >= 11 is 1.91. The Morgan fingerprint density at radius 1 is 1.00 bits per heavy atom. The van der Waals surface area contributed by atoms with Crippen molar-refractivity contribution in [1.29, 1.82) is 0 Å². The number of hydrogen-bond acceptors (Lipinski definition) is 2. The van der Waals surface area contributed by atoms with Gasteiger partial charge in [-0.3, -0.25) is 0 Å². The number of rotatable bonds is 7. The molecule has 0 aliphatic heterocycles. The summed E-state index contributed by atoms with van der Waals surface area (Å²) in [4.78, 5) is 0. The van der Waals surface area contributed by atoms with E-state index in [1.54, 1.807) is 0 Å². The van der Waals surface area contributed by atoms with Gasteiger partial charge >= 0.3 is 0 Å². The molecule has 2 rings (SSSR count). The van der Waals surface area contributed by atoms with Crippen molar-refractivity contribution in [3.8, 4) is 0 Å². The average Bonchev–Trinajstić information content (AvgIpc) is 2.53. The highest BCUT2D eigenvalue weighted by atomic mass is 32.2. The third-order valence-electron chi connectivity index (χ3n) is 3.90. The van der Waals surface area contributed by atoms with Crippen molar-refractivity contribution >= 4 is 11.8 Å². The molecule has 0 radical (unpaired) electrons. The van der Waals surface area contributed by atoms with Crippen LogP contribution in [0, 0.1) is 6.92 Å². The lowest BCUT2D eigenvalue weighted by Gasteiger charge is -2.27. The summed E-state index contributed by atoms with van der Waals surface area (Å²) in [5.74, 6) is 1.14. The molecule has 21 heavy (non-hydrogen) atoms. The van der Waals surface area contributed by atoms with E-state index in [0.29, 0.717) is 6.04 Å². The first kappa shape index (κ1) is 16.1. The monoisotopic (exact) mass is 299 g/mol. The van der Waals surface area contributed by atoms with Gasteiger partial charge in [-0.15, -0.1) is 0 Å². The van der Waals surface area contributed by atoms with Crippen LogP contribution in [0.5, 0.6) is 0 Å². The van der Waals surface area contributed by atoms with Crippen LogP contribution in [0.1, 0.15) is 36.1 Å². The first-order valence-electron chi connectivity index (χ1n) is 7.61. The second kappa shape index (κ2) is 8.26. The Hall–Kier alpha value is -1.25. The van der Waals surface area contributed by atoms with E-state index in [1.165, 1.54) is 16.7 Å². The quantitative estimate of drug-likeness (QED) is 0.787. The highest BCUT2D eigenvalue weighted by Crippen LogP contribution is 2.26. The second-order valence-electron chi connectivity index (χ2n) is 5.43. The summed E-state index contributed by atoms with van der Waals surface area (Å²) < 4.78 is 0. The van der Waals surface area contributed by atoms with Crippen molar-refractivity contribution in [2.45, 2.75) is 32.4 Å². The van der Waals surface area contributed by atoms with Gasteiger partial charge in [-0.05, 0) is 36.3 Å². The molecule has 0 aliphatic carbocycles. The van der Waals surface area contributed by atoms with Gasteiger partial charge in [0.05, 0.1) is 6.04 Å². The molecule has 0 bridgehead atoms. The van der Waals surface area contributed by atoms with E-state index in [9.17, 15) is 0 Å².